The number of epoxide rings is 2. The van der Waals surface area contributed by atoms with Crippen molar-refractivity contribution in [2.24, 2.45) is 0 Å². The Hall–Kier alpha value is -1.16. The summed E-state index contributed by atoms with van der Waals surface area (Å²) in [6.45, 7) is 23.9. The first-order valence-electron chi connectivity index (χ1n) is 14.8. The maximum Gasteiger partial charge on any atom is 0.0949 e. The van der Waals surface area contributed by atoms with Gasteiger partial charge in [0, 0.05) is 0 Å². The zero-order chi connectivity index (χ0) is 27.7. The van der Waals surface area contributed by atoms with Crippen LogP contribution in [-0.4, -0.2) is 35.6 Å². The van der Waals surface area contributed by atoms with Gasteiger partial charge in [-0.15, -0.1) is 0 Å². The monoisotopic (exact) mass is 514 g/mol. The Kier molecular flexibility index (Phi) is 11.9. The highest BCUT2D eigenvalue weighted by molar-refractivity contribution is 5.12. The quantitative estimate of drug-likeness (QED) is 0.104. The Labute approximate surface area is 229 Å². The topological polar surface area (TPSA) is 34.3 Å². The van der Waals surface area contributed by atoms with Gasteiger partial charge in [-0.3, -0.25) is 0 Å². The predicted molar refractivity (Wildman–Crippen MR) is 159 cm³/mol. The lowest BCUT2D eigenvalue weighted by Gasteiger charge is -2.09. The van der Waals surface area contributed by atoms with Crippen LogP contribution in [0.3, 0.4) is 0 Å². The first-order valence-corrected chi connectivity index (χ1v) is 14.8. The second-order valence-electron chi connectivity index (χ2n) is 13.2. The van der Waals surface area contributed by atoms with Gasteiger partial charge in [0.05, 0.1) is 35.6 Å². The molecule has 37 heavy (non-hydrogen) atoms. The molecule has 2 rings (SSSR count). The van der Waals surface area contributed by atoms with Crippen molar-refractivity contribution in [3.8, 4) is 0 Å². The molecule has 3 nitrogen and oxygen atoms in total. The fourth-order valence-corrected chi connectivity index (χ4v) is 5.03. The standard InChI is InChI=1S/C34H58O3/c1-27(15-11-17-29(3)21-23-33(9)31(5,6)36-33)19-13-25-35-26-14-20-28(2)16-12-18-30(4)22-24-34(10)32(7,8)37-34/h17-20H,11-16,21-26H2,1-10H3. The second kappa shape index (κ2) is 13.8. The fraction of sp³-hybridized carbons (Fsp3) is 0.765. The van der Waals surface area contributed by atoms with Crippen molar-refractivity contribution >= 4 is 0 Å². The molecule has 2 fully saturated rings. The molecule has 0 radical (unpaired) electrons. The molecule has 0 bridgehead atoms. The highest BCUT2D eigenvalue weighted by atomic mass is 16.6. The number of allylic oxidation sites excluding steroid dienone is 6. The van der Waals surface area contributed by atoms with E-state index in [0.717, 1.165) is 77.4 Å². The molecular weight excluding hydrogens is 456 g/mol. The summed E-state index contributed by atoms with van der Waals surface area (Å²) in [5.74, 6) is 0. The van der Waals surface area contributed by atoms with E-state index < -0.39 is 0 Å². The lowest BCUT2D eigenvalue weighted by molar-refractivity contribution is 0.143. The fourth-order valence-electron chi connectivity index (χ4n) is 5.03. The molecule has 2 unspecified atom stereocenters. The molecule has 2 aliphatic heterocycles. The van der Waals surface area contributed by atoms with Crippen molar-refractivity contribution in [3.63, 3.8) is 0 Å². The molecule has 2 saturated heterocycles. The molecular formula is C34H58O3. The van der Waals surface area contributed by atoms with E-state index in [-0.39, 0.29) is 22.4 Å². The van der Waals surface area contributed by atoms with Crippen LogP contribution in [0.5, 0.6) is 0 Å². The van der Waals surface area contributed by atoms with Crippen LogP contribution in [0.4, 0.5) is 0 Å². The minimum atomic E-state index is 0.0582. The van der Waals surface area contributed by atoms with Crippen molar-refractivity contribution in [3.05, 3.63) is 46.6 Å². The number of rotatable bonds is 18. The van der Waals surface area contributed by atoms with Crippen molar-refractivity contribution in [2.75, 3.05) is 13.2 Å². The third-order valence-electron chi connectivity index (χ3n) is 8.99. The first kappa shape index (κ1) is 32.1. The van der Waals surface area contributed by atoms with Gasteiger partial charge in [0.25, 0.3) is 0 Å². The Morgan fingerprint density at radius 1 is 0.514 bits per heavy atom. The number of ether oxygens (including phenoxy) is 3. The van der Waals surface area contributed by atoms with Crippen LogP contribution in [0.2, 0.25) is 0 Å². The summed E-state index contributed by atoms with van der Waals surface area (Å²) in [4.78, 5) is 0. The third-order valence-corrected chi connectivity index (χ3v) is 8.99. The highest BCUT2D eigenvalue weighted by Gasteiger charge is 2.59. The smallest absolute Gasteiger partial charge is 0.0949 e. The van der Waals surface area contributed by atoms with Crippen molar-refractivity contribution in [1.29, 1.82) is 0 Å². The van der Waals surface area contributed by atoms with E-state index in [4.69, 9.17) is 14.2 Å². The van der Waals surface area contributed by atoms with E-state index in [1.165, 1.54) is 22.3 Å². The zero-order valence-corrected chi connectivity index (χ0v) is 26.0. The van der Waals surface area contributed by atoms with E-state index in [2.05, 4.69) is 93.5 Å². The number of hydrogen-bond acceptors (Lipinski definition) is 3. The van der Waals surface area contributed by atoms with Gasteiger partial charge in [-0.1, -0.05) is 46.6 Å². The van der Waals surface area contributed by atoms with Gasteiger partial charge in [-0.25, -0.2) is 0 Å². The second-order valence-corrected chi connectivity index (χ2v) is 13.2. The summed E-state index contributed by atoms with van der Waals surface area (Å²) >= 11 is 0. The molecule has 2 atom stereocenters. The van der Waals surface area contributed by atoms with Crippen LogP contribution in [-0.2, 0) is 14.2 Å². The molecule has 2 heterocycles. The Balaban J connectivity index is 1.47. The van der Waals surface area contributed by atoms with Gasteiger partial charge >= 0.3 is 0 Å². The molecule has 2 aliphatic rings. The van der Waals surface area contributed by atoms with Crippen molar-refractivity contribution in [1.82, 2.24) is 0 Å². The lowest BCUT2D eigenvalue weighted by atomic mass is 9.91. The van der Waals surface area contributed by atoms with Gasteiger partial charge in [0.2, 0.25) is 0 Å². The van der Waals surface area contributed by atoms with E-state index in [9.17, 15) is 0 Å². The minimum absolute atomic E-state index is 0.0582. The van der Waals surface area contributed by atoms with E-state index >= 15 is 0 Å². The zero-order valence-electron chi connectivity index (χ0n) is 26.0. The molecule has 0 aromatic heterocycles. The summed E-state index contributed by atoms with van der Waals surface area (Å²) in [6.07, 6.45) is 20.5. The average molecular weight is 515 g/mol. The normalized spacial score (nSPS) is 27.5. The third kappa shape index (κ3) is 10.9. The van der Waals surface area contributed by atoms with Crippen LogP contribution in [0.25, 0.3) is 0 Å². The van der Waals surface area contributed by atoms with Gasteiger partial charge in [-0.05, 0) is 133 Å². The lowest BCUT2D eigenvalue weighted by Crippen LogP contribution is -2.16. The minimum Gasteiger partial charge on any atom is -0.381 e. The molecule has 212 valence electrons. The van der Waals surface area contributed by atoms with E-state index in [0.29, 0.717) is 0 Å². The molecule has 0 aromatic carbocycles. The van der Waals surface area contributed by atoms with Crippen LogP contribution in [0.15, 0.2) is 46.6 Å². The summed E-state index contributed by atoms with van der Waals surface area (Å²) < 4.78 is 17.6. The Morgan fingerprint density at radius 2 is 0.811 bits per heavy atom. The van der Waals surface area contributed by atoms with Gasteiger partial charge in [0.15, 0.2) is 0 Å². The maximum absolute atomic E-state index is 5.86. The first-order chi connectivity index (χ1) is 17.2. The van der Waals surface area contributed by atoms with E-state index in [1.54, 1.807) is 0 Å². The molecule has 0 amide bonds. The average Bonchev–Trinajstić information content (AvgIpc) is 3.53. The molecule has 0 aromatic rings. The van der Waals surface area contributed by atoms with Crippen LogP contribution >= 0.6 is 0 Å². The molecule has 0 spiro atoms. The largest absolute Gasteiger partial charge is 0.381 e. The SMILES string of the molecule is CC(=CCCOCCC=C(C)CCC=C(C)CCC1(C)OC1(C)C)CCC=C(C)CCC1(C)OC1(C)C. The molecule has 0 aliphatic carbocycles. The maximum atomic E-state index is 5.86. The Morgan fingerprint density at radius 3 is 1.14 bits per heavy atom. The van der Waals surface area contributed by atoms with Crippen LogP contribution in [0, 0.1) is 0 Å². The van der Waals surface area contributed by atoms with Gasteiger partial charge < -0.3 is 14.2 Å². The molecule has 0 saturated carbocycles. The van der Waals surface area contributed by atoms with Crippen LogP contribution < -0.4 is 0 Å². The molecule has 3 heteroatoms. The van der Waals surface area contributed by atoms with Crippen molar-refractivity contribution in [2.45, 2.75) is 156 Å². The summed E-state index contributed by atoms with van der Waals surface area (Å²) in [5, 5.41) is 0. The van der Waals surface area contributed by atoms with Crippen LogP contribution in [0.1, 0.15) is 133 Å². The summed E-state index contributed by atoms with van der Waals surface area (Å²) in [6, 6.07) is 0. The highest BCUT2D eigenvalue weighted by Crippen LogP contribution is 2.51. The predicted octanol–water partition coefficient (Wildman–Crippen LogP) is 9.82. The number of hydrogen-bond donors (Lipinski definition) is 0. The van der Waals surface area contributed by atoms with Crippen molar-refractivity contribution < 1.29 is 14.2 Å². The summed E-state index contributed by atoms with van der Waals surface area (Å²) in [5.41, 5.74) is 6.17. The van der Waals surface area contributed by atoms with E-state index in [1.807, 2.05) is 0 Å². The summed E-state index contributed by atoms with van der Waals surface area (Å²) in [7, 11) is 0. The molecule has 0 N–H and O–H groups in total. The Bertz CT molecular complexity index is 786. The van der Waals surface area contributed by atoms with Gasteiger partial charge in [0.1, 0.15) is 0 Å². The van der Waals surface area contributed by atoms with Gasteiger partial charge in [-0.2, -0.15) is 0 Å².